The van der Waals surface area contributed by atoms with Gasteiger partial charge in [0.15, 0.2) is 11.5 Å². The van der Waals surface area contributed by atoms with Gasteiger partial charge in [-0.15, -0.1) is 0 Å². The summed E-state index contributed by atoms with van der Waals surface area (Å²) in [6, 6.07) is 9.82. The van der Waals surface area contributed by atoms with Crippen LogP contribution in [0, 0.1) is 0 Å². The van der Waals surface area contributed by atoms with E-state index in [-0.39, 0.29) is 21.6 Å². The minimum Gasteiger partial charge on any atom is -0.438 e. The molecule has 3 aromatic rings. The third-order valence-electron chi connectivity index (χ3n) is 4.76. The summed E-state index contributed by atoms with van der Waals surface area (Å²) in [5, 5.41) is 6.34. The highest BCUT2D eigenvalue weighted by Crippen LogP contribution is 2.38. The number of amides is 1. The van der Waals surface area contributed by atoms with E-state index >= 15 is 0 Å². The molecule has 1 atom stereocenters. The highest BCUT2D eigenvalue weighted by Gasteiger charge is 2.42. The van der Waals surface area contributed by atoms with Crippen LogP contribution in [0.2, 0.25) is 10.0 Å². The molecule has 0 unspecified atom stereocenters. The fourth-order valence-electron chi connectivity index (χ4n) is 3.04. The second-order valence-corrected chi connectivity index (χ2v) is 8.02. The normalized spacial score (nSPS) is 12.4. The van der Waals surface area contributed by atoms with Gasteiger partial charge in [-0.2, -0.15) is 18.3 Å². The van der Waals surface area contributed by atoms with Crippen LogP contribution in [0.1, 0.15) is 51.9 Å². The van der Waals surface area contributed by atoms with Gasteiger partial charge in [0.25, 0.3) is 5.91 Å². The van der Waals surface area contributed by atoms with Crippen molar-refractivity contribution in [2.45, 2.75) is 26.1 Å². The van der Waals surface area contributed by atoms with Crippen molar-refractivity contribution in [1.29, 1.82) is 0 Å². The highest BCUT2D eigenvalue weighted by atomic mass is 35.5. The summed E-state index contributed by atoms with van der Waals surface area (Å²) in [6.45, 7) is 3.01. The van der Waals surface area contributed by atoms with Gasteiger partial charge in [0.05, 0.1) is 16.1 Å². The van der Waals surface area contributed by atoms with E-state index in [1.807, 2.05) is 0 Å². The molecule has 0 saturated heterocycles. The number of benzene rings is 2. The Hall–Kier alpha value is -3.04. The average molecular weight is 500 g/mol. The van der Waals surface area contributed by atoms with Gasteiger partial charge in [-0.1, -0.05) is 47.5 Å². The van der Waals surface area contributed by atoms with E-state index in [1.165, 1.54) is 32.2 Å². The number of carbonyl (C=O) groups excluding carboxylic acids is 2. The summed E-state index contributed by atoms with van der Waals surface area (Å²) in [6.07, 6.45) is -4.91. The zero-order valence-corrected chi connectivity index (χ0v) is 19.1. The molecule has 0 saturated carbocycles. The van der Waals surface area contributed by atoms with Crippen LogP contribution in [0.4, 0.5) is 13.2 Å². The molecule has 1 N–H and O–H groups in total. The zero-order valence-electron chi connectivity index (χ0n) is 17.6. The van der Waals surface area contributed by atoms with Gasteiger partial charge in [-0.25, -0.2) is 4.68 Å². The van der Waals surface area contributed by atoms with Crippen LogP contribution in [0.15, 0.2) is 42.5 Å². The molecule has 33 heavy (non-hydrogen) atoms. The lowest BCUT2D eigenvalue weighted by Gasteiger charge is -2.16. The summed E-state index contributed by atoms with van der Waals surface area (Å²) >= 11 is 11.8. The lowest BCUT2D eigenvalue weighted by atomic mass is 10.0. The maximum absolute atomic E-state index is 13.7. The van der Waals surface area contributed by atoms with Gasteiger partial charge in [0.2, 0.25) is 5.88 Å². The third kappa shape index (κ3) is 5.48. The van der Waals surface area contributed by atoms with Crippen molar-refractivity contribution >= 4 is 34.9 Å². The lowest BCUT2D eigenvalue weighted by molar-refractivity contribution is -0.141. The van der Waals surface area contributed by atoms with Crippen LogP contribution in [0.3, 0.4) is 0 Å². The van der Waals surface area contributed by atoms with Crippen molar-refractivity contribution in [2.24, 2.45) is 7.05 Å². The molecule has 11 heteroatoms. The Bertz CT molecular complexity index is 1210. The summed E-state index contributed by atoms with van der Waals surface area (Å²) in [5.41, 5.74) is -1.10. The van der Waals surface area contributed by atoms with Gasteiger partial charge in [-0.3, -0.25) is 9.59 Å². The maximum Gasteiger partial charge on any atom is 0.436 e. The molecule has 6 nitrogen and oxygen atoms in total. The van der Waals surface area contributed by atoms with Crippen molar-refractivity contribution in [3.63, 3.8) is 0 Å². The van der Waals surface area contributed by atoms with Gasteiger partial charge >= 0.3 is 6.18 Å². The van der Waals surface area contributed by atoms with Crippen LogP contribution in [0.5, 0.6) is 11.6 Å². The monoisotopic (exact) mass is 499 g/mol. The second kappa shape index (κ2) is 9.44. The number of nitrogens with one attached hydrogen (secondary N) is 1. The molecule has 0 aliphatic rings. The van der Waals surface area contributed by atoms with E-state index in [0.29, 0.717) is 11.1 Å². The van der Waals surface area contributed by atoms with Crippen LogP contribution in [-0.2, 0) is 13.2 Å². The summed E-state index contributed by atoms with van der Waals surface area (Å²) in [7, 11) is 1.22. The number of rotatable bonds is 6. The van der Waals surface area contributed by atoms with Crippen LogP contribution >= 0.6 is 23.2 Å². The van der Waals surface area contributed by atoms with E-state index in [4.69, 9.17) is 27.9 Å². The molecular formula is C22H18Cl2F3N3O3. The fourth-order valence-corrected chi connectivity index (χ4v) is 3.33. The SMILES string of the molecule is CC(=O)c1ccc([C@H](C)NC(=O)c2c(C(F)(F)F)nn(C)c2Oc2ccc(Cl)c(Cl)c2)cc1. The van der Waals surface area contributed by atoms with Gasteiger partial charge in [0.1, 0.15) is 11.3 Å². The van der Waals surface area contributed by atoms with Gasteiger partial charge < -0.3 is 10.1 Å². The fraction of sp³-hybridized carbons (Fsp3) is 0.227. The number of halogens is 5. The van der Waals surface area contributed by atoms with Gasteiger partial charge in [0, 0.05) is 18.7 Å². The Kier molecular flexibility index (Phi) is 7.04. The zero-order chi connectivity index (χ0) is 24.5. The Morgan fingerprint density at radius 1 is 1.09 bits per heavy atom. The number of ketones is 1. The maximum atomic E-state index is 13.7. The minimum absolute atomic E-state index is 0.0723. The van der Waals surface area contributed by atoms with E-state index in [0.717, 1.165) is 4.68 Å². The summed E-state index contributed by atoms with van der Waals surface area (Å²) < 4.78 is 47.4. The molecule has 0 aliphatic heterocycles. The quantitative estimate of drug-likeness (QED) is 0.408. The van der Waals surface area contributed by atoms with Gasteiger partial charge in [-0.05, 0) is 31.5 Å². The predicted molar refractivity (Wildman–Crippen MR) is 117 cm³/mol. The molecule has 3 rings (SSSR count). The van der Waals surface area contributed by atoms with Crippen molar-refractivity contribution in [1.82, 2.24) is 15.1 Å². The lowest BCUT2D eigenvalue weighted by Crippen LogP contribution is -2.28. The Morgan fingerprint density at radius 3 is 2.27 bits per heavy atom. The van der Waals surface area contributed by atoms with Crippen LogP contribution in [-0.4, -0.2) is 21.5 Å². The second-order valence-electron chi connectivity index (χ2n) is 7.20. The molecule has 0 bridgehead atoms. The largest absolute Gasteiger partial charge is 0.438 e. The van der Waals surface area contributed by atoms with E-state index in [1.54, 1.807) is 31.2 Å². The molecule has 1 amide bonds. The average Bonchev–Trinajstić information content (AvgIpc) is 3.07. The molecule has 0 fully saturated rings. The number of hydrogen-bond donors (Lipinski definition) is 1. The van der Waals surface area contributed by atoms with E-state index < -0.39 is 35.3 Å². The number of Topliss-reactive ketones (excluding diaryl/α,β-unsaturated/α-hetero) is 1. The predicted octanol–water partition coefficient (Wildman–Crippen LogP) is 6.23. The smallest absolute Gasteiger partial charge is 0.436 e. The third-order valence-corrected chi connectivity index (χ3v) is 5.50. The van der Waals surface area contributed by atoms with Crippen LogP contribution < -0.4 is 10.1 Å². The first-order valence-corrected chi connectivity index (χ1v) is 10.3. The van der Waals surface area contributed by atoms with E-state index in [9.17, 15) is 22.8 Å². The molecule has 0 aliphatic carbocycles. The number of aryl methyl sites for hydroxylation is 1. The molecule has 2 aromatic carbocycles. The number of hydrogen-bond acceptors (Lipinski definition) is 4. The van der Waals surface area contributed by atoms with Crippen LogP contribution in [0.25, 0.3) is 0 Å². The number of ether oxygens (including phenoxy) is 1. The summed E-state index contributed by atoms with van der Waals surface area (Å²) in [5.74, 6) is -1.51. The molecule has 1 heterocycles. The standard InChI is InChI=1S/C22H18Cl2F3N3O3/c1-11(13-4-6-14(7-5-13)12(2)31)28-20(32)18-19(22(25,26)27)29-30(3)21(18)33-15-8-9-16(23)17(24)10-15/h4-11H,1-3H3,(H,28,32)/t11-/m0/s1. The topological polar surface area (TPSA) is 73.2 Å². The van der Waals surface area contributed by atoms with Crippen molar-refractivity contribution < 1.29 is 27.5 Å². The summed E-state index contributed by atoms with van der Waals surface area (Å²) in [4.78, 5) is 24.4. The van der Waals surface area contributed by atoms with Crippen molar-refractivity contribution in [3.8, 4) is 11.6 Å². The first kappa shape index (κ1) is 24.6. The molecule has 0 spiro atoms. The molecular weight excluding hydrogens is 482 g/mol. The number of alkyl halides is 3. The van der Waals surface area contributed by atoms with Crippen molar-refractivity contribution in [2.75, 3.05) is 0 Å². The Balaban J connectivity index is 1.96. The minimum atomic E-state index is -4.91. The van der Waals surface area contributed by atoms with Crippen molar-refractivity contribution in [3.05, 3.63) is 74.9 Å². The Morgan fingerprint density at radius 2 is 1.73 bits per heavy atom. The molecule has 1 aromatic heterocycles. The molecule has 174 valence electrons. The number of carbonyl (C=O) groups is 2. The Labute approximate surface area is 197 Å². The highest BCUT2D eigenvalue weighted by molar-refractivity contribution is 6.42. The first-order valence-electron chi connectivity index (χ1n) is 9.57. The number of aromatic nitrogens is 2. The number of nitrogens with zero attached hydrogens (tertiary/aromatic N) is 2. The molecule has 0 radical (unpaired) electrons. The van der Waals surface area contributed by atoms with E-state index in [2.05, 4.69) is 10.4 Å². The first-order chi connectivity index (χ1) is 15.4.